The summed E-state index contributed by atoms with van der Waals surface area (Å²) in [4.78, 5) is 14.4. The van der Waals surface area contributed by atoms with Gasteiger partial charge in [0.15, 0.2) is 6.61 Å². The topological polar surface area (TPSA) is 29.5 Å². The number of fused-ring (bicyclic) bond motifs is 1. The van der Waals surface area contributed by atoms with Crippen molar-refractivity contribution in [2.75, 3.05) is 19.7 Å². The van der Waals surface area contributed by atoms with Crippen LogP contribution in [0.3, 0.4) is 0 Å². The maximum Gasteiger partial charge on any atom is 0.260 e. The number of hydrogen-bond donors (Lipinski definition) is 0. The van der Waals surface area contributed by atoms with Gasteiger partial charge in [0.1, 0.15) is 5.75 Å². The van der Waals surface area contributed by atoms with E-state index >= 15 is 0 Å². The highest BCUT2D eigenvalue weighted by molar-refractivity contribution is 5.78. The van der Waals surface area contributed by atoms with Crippen LogP contribution in [-0.4, -0.2) is 30.5 Å². The lowest BCUT2D eigenvalue weighted by Gasteiger charge is -2.22. The summed E-state index contributed by atoms with van der Waals surface area (Å²) in [5.41, 5.74) is 1.32. The van der Waals surface area contributed by atoms with Crippen molar-refractivity contribution in [3.05, 3.63) is 29.8 Å². The summed E-state index contributed by atoms with van der Waals surface area (Å²) in [5.74, 6) is 2.42. The Labute approximate surface area is 133 Å². The van der Waals surface area contributed by atoms with Gasteiger partial charge in [0.05, 0.1) is 0 Å². The largest absolute Gasteiger partial charge is 0.484 e. The molecule has 0 radical (unpaired) electrons. The van der Waals surface area contributed by atoms with Crippen molar-refractivity contribution < 1.29 is 9.53 Å². The predicted octanol–water partition coefficient (Wildman–Crippen LogP) is 3.67. The van der Waals surface area contributed by atoms with Gasteiger partial charge < -0.3 is 9.64 Å². The molecule has 0 aromatic heterocycles. The van der Waals surface area contributed by atoms with E-state index < -0.39 is 0 Å². The number of benzene rings is 1. The number of ether oxygens (including phenoxy) is 1. The molecule has 1 amide bonds. The molecule has 2 aliphatic rings. The second-order valence-electron chi connectivity index (χ2n) is 6.79. The molecule has 22 heavy (non-hydrogen) atoms. The maximum absolute atomic E-state index is 12.3. The van der Waals surface area contributed by atoms with Crippen molar-refractivity contribution in [2.24, 2.45) is 11.8 Å². The summed E-state index contributed by atoms with van der Waals surface area (Å²) in [6.45, 7) is 4.24. The zero-order chi connectivity index (χ0) is 15.4. The highest BCUT2D eigenvalue weighted by Crippen LogP contribution is 2.35. The van der Waals surface area contributed by atoms with Crippen LogP contribution in [-0.2, 0) is 11.2 Å². The van der Waals surface area contributed by atoms with Crippen molar-refractivity contribution >= 4 is 5.91 Å². The molecule has 1 aliphatic heterocycles. The molecule has 120 valence electrons. The van der Waals surface area contributed by atoms with Crippen LogP contribution >= 0.6 is 0 Å². The standard InChI is InChI=1S/C19H27NO2/c1-2-5-15-8-10-18(11-9-15)22-14-19(21)20-12-16-6-3-4-7-17(16)13-20/h8-11,16-17H,2-7,12-14H2,1H3. The third-order valence-electron chi connectivity index (χ3n) is 5.15. The number of carbonyl (C=O) groups excluding carboxylic acids is 1. The summed E-state index contributed by atoms with van der Waals surface area (Å²) in [5, 5.41) is 0. The van der Waals surface area contributed by atoms with Gasteiger partial charge in [0.2, 0.25) is 0 Å². The number of aryl methyl sites for hydroxylation is 1. The Morgan fingerprint density at radius 2 is 1.77 bits per heavy atom. The molecule has 2 fully saturated rings. The van der Waals surface area contributed by atoms with Crippen LogP contribution in [0.2, 0.25) is 0 Å². The normalized spacial score (nSPS) is 24.1. The molecule has 2 atom stereocenters. The van der Waals surface area contributed by atoms with E-state index in [9.17, 15) is 4.79 Å². The molecule has 1 aliphatic carbocycles. The van der Waals surface area contributed by atoms with E-state index in [0.29, 0.717) is 0 Å². The minimum Gasteiger partial charge on any atom is -0.484 e. The quantitative estimate of drug-likeness (QED) is 0.830. The monoisotopic (exact) mass is 301 g/mol. The van der Waals surface area contributed by atoms with E-state index in [4.69, 9.17) is 4.74 Å². The smallest absolute Gasteiger partial charge is 0.260 e. The molecule has 1 aromatic rings. The van der Waals surface area contributed by atoms with Gasteiger partial charge in [-0.3, -0.25) is 4.79 Å². The van der Waals surface area contributed by atoms with Gasteiger partial charge in [0, 0.05) is 13.1 Å². The van der Waals surface area contributed by atoms with Crippen LogP contribution in [0.1, 0.15) is 44.6 Å². The Kier molecular flexibility index (Phi) is 5.01. The zero-order valence-electron chi connectivity index (χ0n) is 13.6. The van der Waals surface area contributed by atoms with Crippen molar-refractivity contribution in [3.8, 4) is 5.75 Å². The molecule has 3 nitrogen and oxygen atoms in total. The van der Waals surface area contributed by atoms with Gasteiger partial charge in [-0.25, -0.2) is 0 Å². The molecule has 3 heteroatoms. The van der Waals surface area contributed by atoms with Crippen molar-refractivity contribution in [1.82, 2.24) is 4.90 Å². The fourth-order valence-corrected chi connectivity index (χ4v) is 3.89. The van der Waals surface area contributed by atoms with E-state index in [1.54, 1.807) is 0 Å². The summed E-state index contributed by atoms with van der Waals surface area (Å²) in [6.07, 6.45) is 7.52. The first-order valence-electron chi connectivity index (χ1n) is 8.75. The first-order valence-corrected chi connectivity index (χ1v) is 8.75. The fraction of sp³-hybridized carbons (Fsp3) is 0.632. The molecule has 1 saturated heterocycles. The fourth-order valence-electron chi connectivity index (χ4n) is 3.89. The first kappa shape index (κ1) is 15.4. The average molecular weight is 301 g/mol. The van der Waals surface area contributed by atoms with Gasteiger partial charge in [-0.05, 0) is 48.8 Å². The molecule has 1 saturated carbocycles. The first-order chi connectivity index (χ1) is 10.8. The van der Waals surface area contributed by atoms with Gasteiger partial charge >= 0.3 is 0 Å². The molecular formula is C19H27NO2. The Morgan fingerprint density at radius 3 is 2.36 bits per heavy atom. The Bertz CT molecular complexity index is 483. The van der Waals surface area contributed by atoms with Gasteiger partial charge in [0.25, 0.3) is 5.91 Å². The third-order valence-corrected chi connectivity index (χ3v) is 5.15. The predicted molar refractivity (Wildman–Crippen MR) is 88.0 cm³/mol. The van der Waals surface area contributed by atoms with Gasteiger partial charge in [-0.2, -0.15) is 0 Å². The van der Waals surface area contributed by atoms with Crippen LogP contribution in [0, 0.1) is 11.8 Å². The minimum atomic E-state index is 0.145. The van der Waals surface area contributed by atoms with Crippen LogP contribution < -0.4 is 4.74 Å². The molecule has 0 N–H and O–H groups in total. The molecule has 1 aromatic carbocycles. The Balaban J connectivity index is 1.48. The lowest BCUT2D eigenvalue weighted by atomic mass is 9.82. The summed E-state index contributed by atoms with van der Waals surface area (Å²) in [7, 11) is 0. The second kappa shape index (κ2) is 7.17. The Morgan fingerprint density at radius 1 is 1.14 bits per heavy atom. The molecular weight excluding hydrogens is 274 g/mol. The van der Waals surface area contributed by atoms with Crippen molar-refractivity contribution in [3.63, 3.8) is 0 Å². The third kappa shape index (κ3) is 3.63. The highest BCUT2D eigenvalue weighted by atomic mass is 16.5. The maximum atomic E-state index is 12.3. The van der Waals surface area contributed by atoms with Crippen molar-refractivity contribution in [1.29, 1.82) is 0 Å². The minimum absolute atomic E-state index is 0.145. The van der Waals surface area contributed by atoms with Crippen molar-refractivity contribution in [2.45, 2.75) is 45.4 Å². The van der Waals surface area contributed by atoms with E-state index in [-0.39, 0.29) is 12.5 Å². The van der Waals surface area contributed by atoms with Crippen LogP contribution in [0.4, 0.5) is 0 Å². The lowest BCUT2D eigenvalue weighted by molar-refractivity contribution is -0.132. The van der Waals surface area contributed by atoms with E-state index in [2.05, 4.69) is 19.1 Å². The van der Waals surface area contributed by atoms with Gasteiger partial charge in [-0.1, -0.05) is 38.3 Å². The summed E-state index contributed by atoms with van der Waals surface area (Å²) >= 11 is 0. The van der Waals surface area contributed by atoms with Crippen LogP contribution in [0.5, 0.6) is 5.75 Å². The van der Waals surface area contributed by atoms with E-state index in [1.807, 2.05) is 17.0 Å². The van der Waals surface area contributed by atoms with Gasteiger partial charge in [-0.15, -0.1) is 0 Å². The molecule has 0 bridgehead atoms. The van der Waals surface area contributed by atoms with E-state index in [1.165, 1.54) is 31.2 Å². The number of rotatable bonds is 5. The number of amides is 1. The molecule has 2 unspecified atom stereocenters. The highest BCUT2D eigenvalue weighted by Gasteiger charge is 2.36. The summed E-state index contributed by atoms with van der Waals surface area (Å²) < 4.78 is 5.68. The SMILES string of the molecule is CCCc1ccc(OCC(=O)N2CC3CCCCC3C2)cc1. The lowest BCUT2D eigenvalue weighted by Crippen LogP contribution is -2.33. The second-order valence-corrected chi connectivity index (χ2v) is 6.79. The van der Waals surface area contributed by atoms with Crippen LogP contribution in [0.25, 0.3) is 0 Å². The number of likely N-dealkylation sites (tertiary alicyclic amines) is 1. The Hall–Kier alpha value is -1.51. The molecule has 1 heterocycles. The number of nitrogens with zero attached hydrogens (tertiary/aromatic N) is 1. The summed E-state index contributed by atoms with van der Waals surface area (Å²) in [6, 6.07) is 8.13. The number of hydrogen-bond acceptors (Lipinski definition) is 2. The zero-order valence-corrected chi connectivity index (χ0v) is 13.6. The molecule has 3 rings (SSSR count). The van der Waals surface area contributed by atoms with Crippen LogP contribution in [0.15, 0.2) is 24.3 Å². The number of carbonyl (C=O) groups is 1. The molecule has 0 spiro atoms. The average Bonchev–Trinajstić information content (AvgIpc) is 2.98. The van der Waals surface area contributed by atoms with E-state index in [0.717, 1.165) is 43.5 Å².